The van der Waals surface area contributed by atoms with Gasteiger partial charge in [-0.3, -0.25) is 4.90 Å². The third-order valence-corrected chi connectivity index (χ3v) is 4.06. The number of aliphatic hydroxyl groups is 1. The zero-order chi connectivity index (χ0) is 13.8. The Morgan fingerprint density at radius 2 is 2.00 bits per heavy atom. The van der Waals surface area contributed by atoms with Gasteiger partial charge < -0.3 is 5.11 Å². The van der Waals surface area contributed by atoms with Crippen LogP contribution in [0.25, 0.3) is 0 Å². The standard InChI is InChI=1S/C15H21F2NO/c1-2-15(13-4-3-12(16)9-14(13)17)18-7-5-11(10-19)6-8-18/h3-4,9,11,15,19H,2,5-8,10H2,1H3. The summed E-state index contributed by atoms with van der Waals surface area (Å²) in [5.41, 5.74) is 0.575. The van der Waals surface area contributed by atoms with Gasteiger partial charge in [0.05, 0.1) is 0 Å². The summed E-state index contributed by atoms with van der Waals surface area (Å²) < 4.78 is 26.9. The highest BCUT2D eigenvalue weighted by atomic mass is 19.1. The highest BCUT2D eigenvalue weighted by molar-refractivity contribution is 5.22. The number of benzene rings is 1. The Morgan fingerprint density at radius 1 is 1.32 bits per heavy atom. The van der Waals surface area contributed by atoms with Crippen molar-refractivity contribution in [1.29, 1.82) is 0 Å². The lowest BCUT2D eigenvalue weighted by Gasteiger charge is -2.37. The van der Waals surface area contributed by atoms with Crippen LogP contribution in [0.3, 0.4) is 0 Å². The second kappa shape index (κ2) is 6.44. The average molecular weight is 269 g/mol. The van der Waals surface area contributed by atoms with E-state index >= 15 is 0 Å². The van der Waals surface area contributed by atoms with E-state index in [1.54, 1.807) is 6.07 Å². The van der Waals surface area contributed by atoms with Crippen LogP contribution >= 0.6 is 0 Å². The lowest BCUT2D eigenvalue weighted by Crippen LogP contribution is -2.37. The normalized spacial score (nSPS) is 19.6. The number of hydrogen-bond donors (Lipinski definition) is 1. The molecule has 1 heterocycles. The summed E-state index contributed by atoms with van der Waals surface area (Å²) in [5, 5.41) is 9.14. The van der Waals surface area contributed by atoms with Crippen molar-refractivity contribution in [3.05, 3.63) is 35.4 Å². The molecule has 0 spiro atoms. The summed E-state index contributed by atoms with van der Waals surface area (Å²) in [6, 6.07) is 3.83. The minimum absolute atomic E-state index is 0.000225. The molecule has 0 saturated carbocycles. The molecular formula is C15H21F2NO. The number of aliphatic hydroxyl groups excluding tert-OH is 1. The lowest BCUT2D eigenvalue weighted by molar-refractivity contribution is 0.0966. The number of piperidine rings is 1. The molecule has 1 aliphatic heterocycles. The first-order valence-corrected chi connectivity index (χ1v) is 6.95. The van der Waals surface area contributed by atoms with Gasteiger partial charge in [0, 0.05) is 24.3 Å². The van der Waals surface area contributed by atoms with Crippen molar-refractivity contribution >= 4 is 0 Å². The summed E-state index contributed by atoms with van der Waals surface area (Å²) in [4.78, 5) is 2.24. The molecule has 1 N–H and O–H groups in total. The van der Waals surface area contributed by atoms with Gasteiger partial charge in [0.25, 0.3) is 0 Å². The number of likely N-dealkylation sites (tertiary alicyclic amines) is 1. The maximum Gasteiger partial charge on any atom is 0.130 e. The molecule has 1 atom stereocenters. The Hall–Kier alpha value is -1.00. The summed E-state index contributed by atoms with van der Waals surface area (Å²) in [6.45, 7) is 3.97. The largest absolute Gasteiger partial charge is 0.396 e. The third-order valence-electron chi connectivity index (χ3n) is 4.06. The second-order valence-electron chi connectivity index (χ2n) is 5.25. The van der Waals surface area contributed by atoms with Gasteiger partial charge in [-0.2, -0.15) is 0 Å². The number of halogens is 2. The fourth-order valence-corrected chi connectivity index (χ4v) is 2.89. The fraction of sp³-hybridized carbons (Fsp3) is 0.600. The van der Waals surface area contributed by atoms with Crippen molar-refractivity contribution < 1.29 is 13.9 Å². The van der Waals surface area contributed by atoms with E-state index in [0.717, 1.165) is 38.4 Å². The molecule has 0 aliphatic carbocycles. The van der Waals surface area contributed by atoms with E-state index in [-0.39, 0.29) is 12.6 Å². The third kappa shape index (κ3) is 3.31. The highest BCUT2D eigenvalue weighted by Crippen LogP contribution is 2.30. The van der Waals surface area contributed by atoms with E-state index < -0.39 is 11.6 Å². The first-order chi connectivity index (χ1) is 9.15. The molecule has 1 saturated heterocycles. The Labute approximate surface area is 113 Å². The number of nitrogens with zero attached hydrogens (tertiary/aromatic N) is 1. The first-order valence-electron chi connectivity index (χ1n) is 6.95. The topological polar surface area (TPSA) is 23.5 Å². The van der Waals surface area contributed by atoms with E-state index in [0.29, 0.717) is 11.5 Å². The molecule has 0 bridgehead atoms. The summed E-state index contributed by atoms with van der Waals surface area (Å²) in [7, 11) is 0. The van der Waals surface area contributed by atoms with E-state index in [2.05, 4.69) is 4.90 Å². The molecule has 0 amide bonds. The quantitative estimate of drug-likeness (QED) is 0.907. The van der Waals surface area contributed by atoms with Gasteiger partial charge in [0.1, 0.15) is 11.6 Å². The van der Waals surface area contributed by atoms with Crippen molar-refractivity contribution in [2.24, 2.45) is 5.92 Å². The minimum Gasteiger partial charge on any atom is -0.396 e. The van der Waals surface area contributed by atoms with Gasteiger partial charge in [-0.05, 0) is 44.3 Å². The molecule has 2 nitrogen and oxygen atoms in total. The van der Waals surface area contributed by atoms with Gasteiger partial charge >= 0.3 is 0 Å². The Kier molecular flexibility index (Phi) is 4.88. The molecule has 1 aromatic rings. The van der Waals surface area contributed by atoms with Gasteiger partial charge in [-0.1, -0.05) is 13.0 Å². The molecule has 1 unspecified atom stereocenters. The van der Waals surface area contributed by atoms with E-state index in [9.17, 15) is 8.78 Å². The van der Waals surface area contributed by atoms with Gasteiger partial charge in [0.15, 0.2) is 0 Å². The van der Waals surface area contributed by atoms with Crippen LogP contribution in [0.1, 0.15) is 37.8 Å². The van der Waals surface area contributed by atoms with Crippen molar-refractivity contribution in [3.63, 3.8) is 0 Å². The van der Waals surface area contributed by atoms with Crippen LogP contribution in [0, 0.1) is 17.6 Å². The maximum absolute atomic E-state index is 13.9. The number of rotatable bonds is 4. The zero-order valence-electron chi connectivity index (χ0n) is 11.3. The van der Waals surface area contributed by atoms with Crippen LogP contribution < -0.4 is 0 Å². The highest BCUT2D eigenvalue weighted by Gasteiger charge is 2.26. The van der Waals surface area contributed by atoms with E-state index in [1.165, 1.54) is 6.07 Å². The van der Waals surface area contributed by atoms with Crippen molar-refractivity contribution in [3.8, 4) is 0 Å². The van der Waals surface area contributed by atoms with Crippen LogP contribution in [-0.4, -0.2) is 29.7 Å². The van der Waals surface area contributed by atoms with Crippen LogP contribution in [-0.2, 0) is 0 Å². The van der Waals surface area contributed by atoms with Crippen LogP contribution in [0.2, 0.25) is 0 Å². The first kappa shape index (κ1) is 14.4. The molecule has 1 aromatic carbocycles. The van der Waals surface area contributed by atoms with Gasteiger partial charge in [0.2, 0.25) is 0 Å². The summed E-state index contributed by atoms with van der Waals surface area (Å²) >= 11 is 0. The Balaban J connectivity index is 2.12. The Bertz CT molecular complexity index is 417. The van der Waals surface area contributed by atoms with E-state index in [4.69, 9.17) is 5.11 Å². The minimum atomic E-state index is -0.532. The molecule has 106 valence electrons. The predicted molar refractivity (Wildman–Crippen MR) is 70.8 cm³/mol. The van der Waals surface area contributed by atoms with Crippen molar-refractivity contribution in [1.82, 2.24) is 4.90 Å². The second-order valence-corrected chi connectivity index (χ2v) is 5.25. The smallest absolute Gasteiger partial charge is 0.130 e. The molecule has 2 rings (SSSR count). The summed E-state index contributed by atoms with van der Waals surface area (Å²) in [6.07, 6.45) is 2.68. The summed E-state index contributed by atoms with van der Waals surface area (Å²) in [5.74, 6) is -0.627. The molecule has 19 heavy (non-hydrogen) atoms. The molecule has 0 aromatic heterocycles. The molecule has 0 radical (unpaired) electrons. The van der Waals surface area contributed by atoms with Crippen LogP contribution in [0.15, 0.2) is 18.2 Å². The van der Waals surface area contributed by atoms with Gasteiger partial charge in [-0.25, -0.2) is 8.78 Å². The van der Waals surface area contributed by atoms with Gasteiger partial charge in [-0.15, -0.1) is 0 Å². The molecule has 1 fully saturated rings. The predicted octanol–water partition coefficient (Wildman–Crippen LogP) is 3.12. The molecule has 1 aliphatic rings. The molecule has 4 heteroatoms. The number of hydrogen-bond acceptors (Lipinski definition) is 2. The average Bonchev–Trinajstić information content (AvgIpc) is 2.42. The monoisotopic (exact) mass is 269 g/mol. The van der Waals surface area contributed by atoms with Crippen LogP contribution in [0.5, 0.6) is 0 Å². The zero-order valence-corrected chi connectivity index (χ0v) is 11.3. The van der Waals surface area contributed by atoms with Crippen molar-refractivity contribution in [2.75, 3.05) is 19.7 Å². The fourth-order valence-electron chi connectivity index (χ4n) is 2.89. The lowest BCUT2D eigenvalue weighted by atomic mass is 9.94. The maximum atomic E-state index is 13.9. The van der Waals surface area contributed by atoms with Crippen molar-refractivity contribution in [2.45, 2.75) is 32.2 Å². The Morgan fingerprint density at radius 3 is 2.53 bits per heavy atom. The van der Waals surface area contributed by atoms with Crippen LogP contribution in [0.4, 0.5) is 8.78 Å². The van der Waals surface area contributed by atoms with E-state index in [1.807, 2.05) is 6.92 Å². The SMILES string of the molecule is CCC(c1ccc(F)cc1F)N1CCC(CO)CC1. The molecular weight excluding hydrogens is 248 g/mol.